The van der Waals surface area contributed by atoms with Gasteiger partial charge in [-0.05, 0) is 31.1 Å². The van der Waals surface area contributed by atoms with Gasteiger partial charge in [0.15, 0.2) is 0 Å². The fraction of sp³-hybridized carbons (Fsp3) is 0.769. The van der Waals surface area contributed by atoms with Crippen molar-refractivity contribution >= 4 is 6.03 Å². The van der Waals surface area contributed by atoms with Gasteiger partial charge in [0.2, 0.25) is 0 Å². The van der Waals surface area contributed by atoms with E-state index in [1.165, 1.54) is 6.42 Å². The minimum Gasteiger partial charge on any atom is -0.338 e. The Balaban J connectivity index is 1.81. The van der Waals surface area contributed by atoms with Crippen molar-refractivity contribution in [2.45, 2.75) is 38.6 Å². The number of nitrogens with one attached hydrogen (secondary N) is 1. The molecule has 0 unspecified atom stereocenters. The SMILES string of the molecule is CCCCNC(=O)N(C)[C@H]1C[C@H]2C=C[C@@H]1C2. The molecule has 1 saturated carbocycles. The zero-order valence-electron chi connectivity index (χ0n) is 10.3. The quantitative estimate of drug-likeness (QED) is 0.575. The van der Waals surface area contributed by atoms with E-state index >= 15 is 0 Å². The molecule has 1 N–H and O–H groups in total. The van der Waals surface area contributed by atoms with Crippen LogP contribution in [0.25, 0.3) is 0 Å². The van der Waals surface area contributed by atoms with Crippen LogP contribution in [0.5, 0.6) is 0 Å². The summed E-state index contributed by atoms with van der Waals surface area (Å²) in [4.78, 5) is 13.8. The molecule has 0 aliphatic heterocycles. The molecule has 3 nitrogen and oxygen atoms in total. The molecule has 3 atom stereocenters. The van der Waals surface area contributed by atoms with Gasteiger partial charge in [0.25, 0.3) is 0 Å². The number of fused-ring (bicyclic) bond motifs is 2. The Morgan fingerprint density at radius 3 is 2.81 bits per heavy atom. The van der Waals surface area contributed by atoms with Crippen LogP contribution in [0.15, 0.2) is 12.2 Å². The lowest BCUT2D eigenvalue weighted by Gasteiger charge is -2.29. The summed E-state index contributed by atoms with van der Waals surface area (Å²) in [7, 11) is 1.93. The van der Waals surface area contributed by atoms with E-state index in [2.05, 4.69) is 24.4 Å². The number of allylic oxidation sites excluding steroid dienone is 1. The zero-order chi connectivity index (χ0) is 11.5. The molecule has 0 heterocycles. The third-order valence-corrected chi connectivity index (χ3v) is 3.87. The zero-order valence-corrected chi connectivity index (χ0v) is 10.3. The number of rotatable bonds is 4. The number of unbranched alkanes of at least 4 members (excludes halogenated alkanes) is 1. The standard InChI is InChI=1S/C13H22N2O/c1-3-4-7-14-13(16)15(2)12-9-10-5-6-11(12)8-10/h5-6,10-12H,3-4,7-9H2,1-2H3,(H,14,16)/t10-,11+,12-/m0/s1. The lowest BCUT2D eigenvalue weighted by Crippen LogP contribution is -2.45. The van der Waals surface area contributed by atoms with E-state index in [-0.39, 0.29) is 6.03 Å². The minimum atomic E-state index is 0.0967. The van der Waals surface area contributed by atoms with Crippen molar-refractivity contribution in [3.8, 4) is 0 Å². The van der Waals surface area contributed by atoms with Crippen LogP contribution in [-0.2, 0) is 0 Å². The highest BCUT2D eigenvalue weighted by atomic mass is 16.2. The van der Waals surface area contributed by atoms with Crippen molar-refractivity contribution in [3.05, 3.63) is 12.2 Å². The van der Waals surface area contributed by atoms with Crippen LogP contribution >= 0.6 is 0 Å². The number of carbonyl (C=O) groups excluding carboxylic acids is 1. The van der Waals surface area contributed by atoms with E-state index in [0.717, 1.165) is 31.7 Å². The predicted octanol–water partition coefficient (Wildman–Crippen LogP) is 2.39. The summed E-state index contributed by atoms with van der Waals surface area (Å²) in [6.07, 6.45) is 9.19. The van der Waals surface area contributed by atoms with Gasteiger partial charge in [-0.15, -0.1) is 0 Å². The van der Waals surface area contributed by atoms with Gasteiger partial charge >= 0.3 is 6.03 Å². The number of nitrogens with zero attached hydrogens (tertiary/aromatic N) is 1. The first kappa shape index (κ1) is 11.5. The van der Waals surface area contributed by atoms with E-state index < -0.39 is 0 Å². The molecule has 2 rings (SSSR count). The second-order valence-electron chi connectivity index (χ2n) is 5.04. The third kappa shape index (κ3) is 2.23. The normalized spacial score (nSPS) is 30.8. The smallest absolute Gasteiger partial charge is 0.317 e. The fourth-order valence-corrected chi connectivity index (χ4v) is 2.84. The first-order valence-electron chi connectivity index (χ1n) is 6.41. The van der Waals surface area contributed by atoms with Gasteiger partial charge in [0.1, 0.15) is 0 Å². The molecule has 0 spiro atoms. The molecule has 1 fully saturated rings. The second-order valence-corrected chi connectivity index (χ2v) is 5.04. The molecular formula is C13H22N2O. The summed E-state index contributed by atoms with van der Waals surface area (Å²) in [5.74, 6) is 1.33. The van der Waals surface area contributed by atoms with Crippen LogP contribution in [0.4, 0.5) is 4.79 Å². The van der Waals surface area contributed by atoms with Crippen LogP contribution in [-0.4, -0.2) is 30.6 Å². The maximum absolute atomic E-state index is 11.9. The first-order chi connectivity index (χ1) is 7.72. The summed E-state index contributed by atoms with van der Waals surface area (Å²) in [5, 5.41) is 2.98. The number of amides is 2. The van der Waals surface area contributed by atoms with E-state index in [1.54, 1.807) is 0 Å². The highest BCUT2D eigenvalue weighted by Gasteiger charge is 2.39. The topological polar surface area (TPSA) is 32.3 Å². The Bertz CT molecular complexity index is 288. The van der Waals surface area contributed by atoms with Gasteiger partial charge in [-0.3, -0.25) is 0 Å². The molecule has 3 heteroatoms. The largest absolute Gasteiger partial charge is 0.338 e. The molecule has 2 aliphatic rings. The summed E-state index contributed by atoms with van der Waals surface area (Å²) in [5.41, 5.74) is 0. The van der Waals surface area contributed by atoms with Crippen LogP contribution in [0.2, 0.25) is 0 Å². The Morgan fingerprint density at radius 1 is 1.44 bits per heavy atom. The summed E-state index contributed by atoms with van der Waals surface area (Å²) >= 11 is 0. The van der Waals surface area contributed by atoms with E-state index in [9.17, 15) is 4.79 Å². The van der Waals surface area contributed by atoms with Gasteiger partial charge in [-0.25, -0.2) is 4.79 Å². The van der Waals surface area contributed by atoms with Crippen molar-refractivity contribution in [1.29, 1.82) is 0 Å². The maximum atomic E-state index is 11.9. The molecular weight excluding hydrogens is 200 g/mol. The average Bonchev–Trinajstić information content (AvgIpc) is 2.90. The van der Waals surface area contributed by atoms with Gasteiger partial charge in [-0.2, -0.15) is 0 Å². The number of hydrogen-bond acceptors (Lipinski definition) is 1. The first-order valence-corrected chi connectivity index (χ1v) is 6.41. The van der Waals surface area contributed by atoms with Crippen LogP contribution < -0.4 is 5.32 Å². The van der Waals surface area contributed by atoms with Crippen molar-refractivity contribution < 1.29 is 4.79 Å². The fourth-order valence-electron chi connectivity index (χ4n) is 2.84. The summed E-state index contributed by atoms with van der Waals surface area (Å²) in [6, 6.07) is 0.524. The van der Waals surface area contributed by atoms with Gasteiger partial charge in [-0.1, -0.05) is 25.5 Å². The molecule has 0 aromatic rings. The Hall–Kier alpha value is -0.990. The molecule has 2 aliphatic carbocycles. The Kier molecular flexibility index (Phi) is 3.52. The van der Waals surface area contributed by atoms with Gasteiger partial charge < -0.3 is 10.2 Å². The molecule has 0 aromatic carbocycles. The number of hydrogen-bond donors (Lipinski definition) is 1. The van der Waals surface area contributed by atoms with Crippen LogP contribution in [0.3, 0.4) is 0 Å². The monoisotopic (exact) mass is 222 g/mol. The van der Waals surface area contributed by atoms with E-state index in [4.69, 9.17) is 0 Å². The Labute approximate surface area is 97.9 Å². The number of urea groups is 1. The van der Waals surface area contributed by atoms with E-state index in [0.29, 0.717) is 12.0 Å². The second kappa shape index (κ2) is 4.89. The lowest BCUT2D eigenvalue weighted by atomic mass is 10.0. The van der Waals surface area contributed by atoms with Crippen molar-refractivity contribution in [2.24, 2.45) is 11.8 Å². The molecule has 2 bridgehead atoms. The third-order valence-electron chi connectivity index (χ3n) is 3.87. The van der Waals surface area contributed by atoms with Crippen LogP contribution in [0.1, 0.15) is 32.6 Å². The van der Waals surface area contributed by atoms with Crippen molar-refractivity contribution in [3.63, 3.8) is 0 Å². The van der Waals surface area contributed by atoms with Crippen molar-refractivity contribution in [1.82, 2.24) is 10.2 Å². The number of carbonyl (C=O) groups is 1. The molecule has 0 aromatic heterocycles. The van der Waals surface area contributed by atoms with Gasteiger partial charge in [0, 0.05) is 19.6 Å². The highest BCUT2D eigenvalue weighted by Crippen LogP contribution is 2.41. The van der Waals surface area contributed by atoms with Gasteiger partial charge in [0.05, 0.1) is 0 Å². The minimum absolute atomic E-state index is 0.0967. The molecule has 90 valence electrons. The molecule has 16 heavy (non-hydrogen) atoms. The van der Waals surface area contributed by atoms with Crippen molar-refractivity contribution in [2.75, 3.05) is 13.6 Å². The maximum Gasteiger partial charge on any atom is 0.317 e. The highest BCUT2D eigenvalue weighted by molar-refractivity contribution is 5.74. The van der Waals surface area contributed by atoms with Crippen LogP contribution in [0, 0.1) is 11.8 Å². The summed E-state index contributed by atoms with van der Waals surface area (Å²) < 4.78 is 0. The van der Waals surface area contributed by atoms with E-state index in [1.807, 2.05) is 11.9 Å². The summed E-state index contributed by atoms with van der Waals surface area (Å²) in [6.45, 7) is 2.94. The molecule has 2 amide bonds. The molecule has 0 radical (unpaired) electrons. The molecule has 0 saturated heterocycles. The average molecular weight is 222 g/mol. The Morgan fingerprint density at radius 2 is 2.25 bits per heavy atom. The lowest BCUT2D eigenvalue weighted by molar-refractivity contribution is 0.181. The predicted molar refractivity (Wildman–Crippen MR) is 65.2 cm³/mol.